The van der Waals surface area contributed by atoms with Gasteiger partial charge in [-0.2, -0.15) is 0 Å². The third-order valence-corrected chi connectivity index (χ3v) is 11.5. The lowest BCUT2D eigenvalue weighted by Gasteiger charge is -2.24. The molecule has 0 heterocycles. The average Bonchev–Trinajstić information content (AvgIpc) is 3.08. The summed E-state index contributed by atoms with van der Waals surface area (Å²) >= 11 is 0. The highest BCUT2D eigenvalue weighted by Crippen LogP contribution is 2.31. The van der Waals surface area contributed by atoms with Crippen LogP contribution in [0, 0.1) is 11.8 Å². The van der Waals surface area contributed by atoms with Crippen LogP contribution in [0.3, 0.4) is 0 Å². The molecule has 0 aliphatic carbocycles. The molecular formula is C47H96. The van der Waals surface area contributed by atoms with Gasteiger partial charge in [0.25, 0.3) is 0 Å². The monoisotopic (exact) mass is 661 g/mol. The van der Waals surface area contributed by atoms with Crippen LogP contribution in [0.25, 0.3) is 0 Å². The molecule has 0 saturated carbocycles. The zero-order valence-corrected chi connectivity index (χ0v) is 34.1. The van der Waals surface area contributed by atoms with Crippen LogP contribution in [0.5, 0.6) is 0 Å². The lowest BCUT2D eigenvalue weighted by molar-refractivity contribution is 0.282. The molecule has 0 atom stereocenters. The molecule has 0 aromatic rings. The summed E-state index contributed by atoms with van der Waals surface area (Å²) in [7, 11) is 0. The van der Waals surface area contributed by atoms with E-state index < -0.39 is 0 Å². The van der Waals surface area contributed by atoms with Gasteiger partial charge in [0, 0.05) is 0 Å². The van der Waals surface area contributed by atoms with Crippen LogP contribution in [-0.4, -0.2) is 0 Å². The van der Waals surface area contributed by atoms with E-state index in [-0.39, 0.29) is 0 Å². The Morgan fingerprint density at radius 2 is 0.340 bits per heavy atom. The maximum absolute atomic E-state index is 2.34. The van der Waals surface area contributed by atoms with Crippen molar-refractivity contribution in [2.75, 3.05) is 0 Å². The van der Waals surface area contributed by atoms with E-state index in [1.807, 2.05) is 0 Å². The van der Waals surface area contributed by atoms with Crippen molar-refractivity contribution in [3.8, 4) is 0 Å². The Morgan fingerprint density at radius 3 is 0.511 bits per heavy atom. The van der Waals surface area contributed by atoms with Crippen molar-refractivity contribution in [3.05, 3.63) is 0 Å². The van der Waals surface area contributed by atoms with Crippen LogP contribution in [0.4, 0.5) is 0 Å². The van der Waals surface area contributed by atoms with E-state index in [0.717, 1.165) is 11.8 Å². The number of hydrogen-bond donors (Lipinski definition) is 0. The van der Waals surface area contributed by atoms with E-state index in [0.29, 0.717) is 0 Å². The van der Waals surface area contributed by atoms with E-state index in [9.17, 15) is 0 Å². The van der Waals surface area contributed by atoms with Gasteiger partial charge in [0.05, 0.1) is 0 Å². The van der Waals surface area contributed by atoms with Gasteiger partial charge in [-0.3, -0.25) is 0 Å². The molecule has 0 rings (SSSR count). The molecule has 0 fully saturated rings. The van der Waals surface area contributed by atoms with Crippen LogP contribution in [0.2, 0.25) is 0 Å². The first-order valence-electron chi connectivity index (χ1n) is 23.3. The first-order valence-corrected chi connectivity index (χ1v) is 23.3. The Kier molecular flexibility index (Phi) is 42.2. The van der Waals surface area contributed by atoms with E-state index in [4.69, 9.17) is 0 Å². The predicted octanol–water partition coefficient (Wildman–Crippen LogP) is 18.3. The molecule has 0 aromatic heterocycles. The third kappa shape index (κ3) is 38.7. The van der Waals surface area contributed by atoms with Crippen LogP contribution in [-0.2, 0) is 0 Å². The molecule has 0 heteroatoms. The standard InChI is InChI=1S/C47H96/c1-5-9-13-17-21-25-29-33-37-41-46(42-38-34-30-26-22-18-14-10-6-2)45-47(43-39-35-31-27-23-19-15-11-7-3)44-40-36-32-28-24-20-16-12-8-4/h46-47H,5-45H2,1-4H3. The van der Waals surface area contributed by atoms with Gasteiger partial charge in [-0.1, -0.05) is 285 Å². The topological polar surface area (TPSA) is 0 Å². The number of rotatable bonds is 42. The van der Waals surface area contributed by atoms with E-state index >= 15 is 0 Å². The first kappa shape index (κ1) is 47.0. The van der Waals surface area contributed by atoms with Gasteiger partial charge in [0.1, 0.15) is 0 Å². The highest BCUT2D eigenvalue weighted by Gasteiger charge is 2.17. The quantitative estimate of drug-likeness (QED) is 0.0572. The second-order valence-electron chi connectivity index (χ2n) is 16.4. The Hall–Kier alpha value is 0. The van der Waals surface area contributed by atoms with Crippen molar-refractivity contribution in [1.82, 2.24) is 0 Å². The van der Waals surface area contributed by atoms with Crippen molar-refractivity contribution in [3.63, 3.8) is 0 Å². The minimum Gasteiger partial charge on any atom is -0.0654 e. The third-order valence-electron chi connectivity index (χ3n) is 11.5. The van der Waals surface area contributed by atoms with E-state index in [1.165, 1.54) is 231 Å². The maximum Gasteiger partial charge on any atom is -0.0412 e. The largest absolute Gasteiger partial charge is 0.0654 e. The van der Waals surface area contributed by atoms with Gasteiger partial charge >= 0.3 is 0 Å². The van der Waals surface area contributed by atoms with Crippen molar-refractivity contribution < 1.29 is 0 Å². The van der Waals surface area contributed by atoms with E-state index in [2.05, 4.69) is 27.7 Å². The van der Waals surface area contributed by atoms with Crippen molar-refractivity contribution in [2.45, 2.75) is 291 Å². The summed E-state index contributed by atoms with van der Waals surface area (Å²) in [6.45, 7) is 9.34. The van der Waals surface area contributed by atoms with Crippen molar-refractivity contribution in [1.29, 1.82) is 0 Å². The Labute approximate surface area is 302 Å². The Morgan fingerprint density at radius 1 is 0.191 bits per heavy atom. The molecule has 0 spiro atoms. The van der Waals surface area contributed by atoms with Crippen molar-refractivity contribution >= 4 is 0 Å². The smallest absolute Gasteiger partial charge is 0.0412 e. The summed E-state index contributed by atoms with van der Waals surface area (Å²) in [5, 5.41) is 0. The van der Waals surface area contributed by atoms with Crippen LogP contribution >= 0.6 is 0 Å². The van der Waals surface area contributed by atoms with Crippen LogP contribution < -0.4 is 0 Å². The molecule has 284 valence electrons. The second-order valence-corrected chi connectivity index (χ2v) is 16.4. The molecule has 0 aromatic carbocycles. The molecule has 0 saturated heterocycles. The lowest BCUT2D eigenvalue weighted by Crippen LogP contribution is -2.11. The molecular weight excluding hydrogens is 565 g/mol. The Bertz CT molecular complexity index is 432. The molecule has 0 bridgehead atoms. The summed E-state index contributed by atoms with van der Waals surface area (Å²) in [5.41, 5.74) is 0. The van der Waals surface area contributed by atoms with Gasteiger partial charge in [-0.15, -0.1) is 0 Å². The SMILES string of the molecule is CCCCCCCCCCCC(CCCCCCCCCCC)CC(CCCCCCCCCCC)CCCCCCCCCCC. The van der Waals surface area contributed by atoms with Gasteiger partial charge < -0.3 is 0 Å². The molecule has 0 nitrogen and oxygen atoms in total. The fourth-order valence-corrected chi connectivity index (χ4v) is 8.21. The van der Waals surface area contributed by atoms with Gasteiger partial charge in [-0.05, 0) is 18.3 Å². The second kappa shape index (κ2) is 42.2. The summed E-state index contributed by atoms with van der Waals surface area (Å²) in [4.78, 5) is 0. The zero-order chi connectivity index (χ0) is 34.1. The van der Waals surface area contributed by atoms with E-state index in [1.54, 1.807) is 32.1 Å². The Balaban J connectivity index is 4.72. The number of unbranched alkanes of at least 4 members (excludes halogenated alkanes) is 32. The average molecular weight is 661 g/mol. The highest BCUT2D eigenvalue weighted by molar-refractivity contribution is 4.69. The predicted molar refractivity (Wildman–Crippen MR) is 219 cm³/mol. The normalized spacial score (nSPS) is 11.9. The van der Waals surface area contributed by atoms with Crippen LogP contribution in [0.15, 0.2) is 0 Å². The fourth-order valence-electron chi connectivity index (χ4n) is 8.21. The molecule has 0 aliphatic heterocycles. The van der Waals surface area contributed by atoms with Crippen molar-refractivity contribution in [2.24, 2.45) is 11.8 Å². The maximum atomic E-state index is 2.34. The summed E-state index contributed by atoms with van der Waals surface area (Å²) < 4.78 is 0. The zero-order valence-electron chi connectivity index (χ0n) is 34.1. The first-order chi connectivity index (χ1) is 23.3. The molecule has 47 heavy (non-hydrogen) atoms. The molecule has 0 N–H and O–H groups in total. The highest BCUT2D eigenvalue weighted by atomic mass is 14.2. The van der Waals surface area contributed by atoms with Crippen LogP contribution in [0.1, 0.15) is 291 Å². The van der Waals surface area contributed by atoms with Gasteiger partial charge in [0.15, 0.2) is 0 Å². The lowest BCUT2D eigenvalue weighted by atomic mass is 9.81. The summed E-state index contributed by atoms with van der Waals surface area (Å²) in [6, 6.07) is 0. The fraction of sp³-hybridized carbons (Fsp3) is 1.00. The minimum atomic E-state index is 1.02. The number of hydrogen-bond acceptors (Lipinski definition) is 0. The molecule has 0 radical (unpaired) electrons. The summed E-state index contributed by atoms with van der Waals surface area (Å²) in [5.74, 6) is 2.04. The summed E-state index contributed by atoms with van der Waals surface area (Å²) in [6.07, 6.45) is 60.8. The van der Waals surface area contributed by atoms with Gasteiger partial charge in [0.2, 0.25) is 0 Å². The molecule has 0 amide bonds. The molecule has 0 aliphatic rings. The molecule has 0 unspecified atom stereocenters. The minimum absolute atomic E-state index is 1.02. The van der Waals surface area contributed by atoms with Gasteiger partial charge in [-0.25, -0.2) is 0 Å².